The fourth-order valence-corrected chi connectivity index (χ4v) is 1.09. The minimum atomic E-state index is 0.582. The Morgan fingerprint density at radius 2 is 2.20 bits per heavy atom. The van der Waals surface area contributed by atoms with Gasteiger partial charge in [0.05, 0.1) is 13.2 Å². The molecule has 0 amide bonds. The van der Waals surface area contributed by atoms with Crippen molar-refractivity contribution in [3.8, 4) is 0 Å². The smallest absolute Gasteiger partial charge is 0.186 e. The number of hydrogen-bond acceptors (Lipinski definition) is 2. The topological polar surface area (TPSA) is 36.2 Å². The maximum absolute atomic E-state index is 10.7. The van der Waals surface area contributed by atoms with Gasteiger partial charge in [0.2, 0.25) is 0 Å². The fourth-order valence-electron chi connectivity index (χ4n) is 1.09. The van der Waals surface area contributed by atoms with Crippen LogP contribution in [0.25, 0.3) is 0 Å². The second-order valence-corrected chi connectivity index (χ2v) is 2.35. The maximum Gasteiger partial charge on any atom is 0.186 e. The number of ether oxygens (including phenoxy) is 1. The molecule has 0 spiro atoms. The van der Waals surface area contributed by atoms with E-state index < -0.39 is 0 Å². The summed E-state index contributed by atoms with van der Waals surface area (Å²) in [5, 5.41) is 10.7. The zero-order valence-electron chi connectivity index (χ0n) is 5.41. The van der Waals surface area contributed by atoms with E-state index in [2.05, 4.69) is 0 Å². The second kappa shape index (κ2) is 1.95. The van der Waals surface area contributed by atoms with Gasteiger partial charge in [0.25, 0.3) is 0 Å². The minimum Gasteiger partial charge on any atom is -0.619 e. The highest BCUT2D eigenvalue weighted by molar-refractivity contribution is 5.22. The second-order valence-electron chi connectivity index (χ2n) is 2.35. The molecule has 0 saturated heterocycles. The van der Waals surface area contributed by atoms with Crippen LogP contribution >= 0.6 is 0 Å². The number of rotatable bonds is 0. The lowest BCUT2D eigenvalue weighted by Gasteiger charge is -1.96. The van der Waals surface area contributed by atoms with Crippen molar-refractivity contribution in [1.29, 1.82) is 0 Å². The normalized spacial score (nSPS) is 15.2. The first-order valence-corrected chi connectivity index (χ1v) is 3.14. The first-order valence-electron chi connectivity index (χ1n) is 3.14. The van der Waals surface area contributed by atoms with E-state index >= 15 is 0 Å². The molecule has 0 saturated carbocycles. The van der Waals surface area contributed by atoms with Crippen LogP contribution in [0.15, 0.2) is 18.5 Å². The van der Waals surface area contributed by atoms with Crippen LogP contribution in [-0.2, 0) is 18.0 Å². The van der Waals surface area contributed by atoms with Crippen LogP contribution in [0, 0.1) is 5.21 Å². The van der Waals surface area contributed by atoms with Gasteiger partial charge in [-0.1, -0.05) is 0 Å². The Labute approximate surface area is 58.4 Å². The van der Waals surface area contributed by atoms with Crippen molar-refractivity contribution in [3.05, 3.63) is 34.8 Å². The highest BCUT2D eigenvalue weighted by atomic mass is 16.5. The van der Waals surface area contributed by atoms with Gasteiger partial charge in [-0.2, -0.15) is 4.73 Å². The SMILES string of the molecule is [O-][n+]1ccc2c(c1)COC2. The number of hydrogen-bond donors (Lipinski definition) is 0. The van der Waals surface area contributed by atoms with E-state index in [1.807, 2.05) is 0 Å². The monoisotopic (exact) mass is 137 g/mol. The standard InChI is InChI=1S/C7H7NO2/c9-8-2-1-6-4-10-5-7(6)3-8/h1-3H,4-5H2. The number of nitrogens with zero attached hydrogens (tertiary/aromatic N) is 1. The van der Waals surface area contributed by atoms with E-state index in [0.29, 0.717) is 13.2 Å². The zero-order valence-corrected chi connectivity index (χ0v) is 5.41. The van der Waals surface area contributed by atoms with Crippen molar-refractivity contribution in [2.45, 2.75) is 13.2 Å². The predicted molar refractivity (Wildman–Crippen MR) is 33.9 cm³/mol. The summed E-state index contributed by atoms with van der Waals surface area (Å²) >= 11 is 0. The third-order valence-electron chi connectivity index (χ3n) is 1.63. The number of pyridine rings is 1. The molecule has 2 heterocycles. The third kappa shape index (κ3) is 0.752. The Morgan fingerprint density at radius 3 is 3.10 bits per heavy atom. The van der Waals surface area contributed by atoms with Crippen LogP contribution in [0.3, 0.4) is 0 Å². The van der Waals surface area contributed by atoms with Gasteiger partial charge < -0.3 is 9.94 Å². The Balaban J connectivity index is 2.52. The summed E-state index contributed by atoms with van der Waals surface area (Å²) in [5.41, 5.74) is 2.14. The number of fused-ring (bicyclic) bond motifs is 1. The average Bonchev–Trinajstić information content (AvgIpc) is 2.33. The van der Waals surface area contributed by atoms with E-state index in [1.165, 1.54) is 6.20 Å². The molecule has 3 heteroatoms. The van der Waals surface area contributed by atoms with Gasteiger partial charge in [-0.25, -0.2) is 0 Å². The molecule has 52 valence electrons. The molecule has 0 bridgehead atoms. The predicted octanol–water partition coefficient (Wildman–Crippen LogP) is 0.350. The van der Waals surface area contributed by atoms with Crippen molar-refractivity contribution in [1.82, 2.24) is 0 Å². The molecular weight excluding hydrogens is 130 g/mol. The molecule has 1 aromatic heterocycles. The van der Waals surface area contributed by atoms with Gasteiger partial charge in [-0.15, -0.1) is 0 Å². The Hall–Kier alpha value is -1.09. The van der Waals surface area contributed by atoms with Crippen molar-refractivity contribution in [2.24, 2.45) is 0 Å². The van der Waals surface area contributed by atoms with E-state index in [4.69, 9.17) is 4.74 Å². The van der Waals surface area contributed by atoms with Crippen molar-refractivity contribution >= 4 is 0 Å². The maximum atomic E-state index is 10.7. The van der Waals surface area contributed by atoms with Gasteiger partial charge in [-0.3, -0.25) is 0 Å². The fraction of sp³-hybridized carbons (Fsp3) is 0.286. The summed E-state index contributed by atoms with van der Waals surface area (Å²) in [5.74, 6) is 0. The van der Waals surface area contributed by atoms with Gasteiger partial charge in [0.15, 0.2) is 12.4 Å². The molecule has 1 aliphatic heterocycles. The molecule has 0 N–H and O–H groups in total. The van der Waals surface area contributed by atoms with Gasteiger partial charge in [0, 0.05) is 11.6 Å². The quantitative estimate of drug-likeness (QED) is 0.382. The van der Waals surface area contributed by atoms with Crippen LogP contribution in [0.2, 0.25) is 0 Å². The molecule has 0 aromatic carbocycles. The van der Waals surface area contributed by atoms with Crippen molar-refractivity contribution < 1.29 is 9.47 Å². The summed E-state index contributed by atoms with van der Waals surface area (Å²) in [6, 6.07) is 1.80. The largest absolute Gasteiger partial charge is 0.619 e. The third-order valence-corrected chi connectivity index (χ3v) is 1.63. The molecule has 2 rings (SSSR count). The van der Waals surface area contributed by atoms with E-state index in [-0.39, 0.29) is 0 Å². The van der Waals surface area contributed by atoms with E-state index in [0.717, 1.165) is 15.9 Å². The highest BCUT2D eigenvalue weighted by Crippen LogP contribution is 2.16. The molecule has 0 unspecified atom stereocenters. The molecule has 0 fully saturated rings. The molecule has 0 atom stereocenters. The molecule has 3 nitrogen and oxygen atoms in total. The molecule has 0 aliphatic carbocycles. The first kappa shape index (κ1) is 5.68. The molecule has 0 radical (unpaired) electrons. The molecule has 1 aliphatic rings. The van der Waals surface area contributed by atoms with Crippen LogP contribution in [0.1, 0.15) is 11.1 Å². The van der Waals surface area contributed by atoms with Crippen LogP contribution < -0.4 is 4.73 Å². The first-order chi connectivity index (χ1) is 4.86. The lowest BCUT2D eigenvalue weighted by atomic mass is 10.2. The zero-order chi connectivity index (χ0) is 6.97. The lowest BCUT2D eigenvalue weighted by molar-refractivity contribution is -0.605. The summed E-state index contributed by atoms with van der Waals surface area (Å²) in [4.78, 5) is 0. The summed E-state index contributed by atoms with van der Waals surface area (Å²) in [7, 11) is 0. The highest BCUT2D eigenvalue weighted by Gasteiger charge is 2.12. The lowest BCUT2D eigenvalue weighted by Crippen LogP contribution is -2.24. The van der Waals surface area contributed by atoms with Crippen LogP contribution in [0.5, 0.6) is 0 Å². The van der Waals surface area contributed by atoms with Crippen LogP contribution in [0.4, 0.5) is 0 Å². The average molecular weight is 137 g/mol. The Bertz CT molecular complexity index is 260. The molecule has 10 heavy (non-hydrogen) atoms. The summed E-state index contributed by atoms with van der Waals surface area (Å²) in [6.07, 6.45) is 3.05. The van der Waals surface area contributed by atoms with E-state index in [9.17, 15) is 5.21 Å². The summed E-state index contributed by atoms with van der Waals surface area (Å²) < 4.78 is 5.92. The van der Waals surface area contributed by atoms with Gasteiger partial charge in [0.1, 0.15) is 0 Å². The molecular formula is C7H7NO2. The number of aromatic nitrogens is 1. The van der Waals surface area contributed by atoms with E-state index in [1.54, 1.807) is 12.3 Å². The Kier molecular flexibility index (Phi) is 1.11. The van der Waals surface area contributed by atoms with Crippen molar-refractivity contribution in [3.63, 3.8) is 0 Å². The molecule has 1 aromatic rings. The van der Waals surface area contributed by atoms with Crippen LogP contribution in [-0.4, -0.2) is 0 Å². The Morgan fingerprint density at radius 1 is 1.40 bits per heavy atom. The van der Waals surface area contributed by atoms with Crippen molar-refractivity contribution in [2.75, 3.05) is 0 Å². The van der Waals surface area contributed by atoms with Gasteiger partial charge >= 0.3 is 0 Å². The van der Waals surface area contributed by atoms with Gasteiger partial charge in [-0.05, 0) is 5.56 Å². The summed E-state index contributed by atoms with van der Waals surface area (Å²) in [6.45, 7) is 1.23. The minimum absolute atomic E-state index is 0.582.